The molecular formula is C16H15Cl2N5O. The van der Waals surface area contributed by atoms with Gasteiger partial charge in [-0.2, -0.15) is 10.2 Å². The van der Waals surface area contributed by atoms with Crippen LogP contribution in [-0.2, 0) is 11.8 Å². The van der Waals surface area contributed by atoms with Gasteiger partial charge in [0.1, 0.15) is 5.88 Å². The van der Waals surface area contributed by atoms with E-state index in [2.05, 4.69) is 20.6 Å². The van der Waals surface area contributed by atoms with E-state index >= 15 is 0 Å². The van der Waals surface area contributed by atoms with Crippen molar-refractivity contribution in [2.24, 2.45) is 7.05 Å². The first kappa shape index (κ1) is 16.5. The number of aromatic amines is 1. The van der Waals surface area contributed by atoms with Crippen LogP contribution in [0.4, 0.5) is 5.69 Å². The topological polar surface area (TPSA) is 75.6 Å². The van der Waals surface area contributed by atoms with Gasteiger partial charge in [0.15, 0.2) is 0 Å². The number of H-pyrrole nitrogens is 1. The van der Waals surface area contributed by atoms with Crippen LogP contribution in [0.1, 0.15) is 5.56 Å². The Morgan fingerprint density at radius 1 is 1.38 bits per heavy atom. The number of nitrogens with zero attached hydrogens (tertiary/aromatic N) is 3. The van der Waals surface area contributed by atoms with Gasteiger partial charge in [0.2, 0.25) is 5.91 Å². The zero-order valence-electron chi connectivity index (χ0n) is 13.1. The van der Waals surface area contributed by atoms with Crippen LogP contribution in [0.5, 0.6) is 0 Å². The van der Waals surface area contributed by atoms with Gasteiger partial charge in [-0.3, -0.25) is 14.6 Å². The fraction of sp³-hybridized carbons (Fsp3) is 0.188. The molecule has 6 nitrogen and oxygen atoms in total. The van der Waals surface area contributed by atoms with Crippen molar-refractivity contribution in [2.75, 3.05) is 11.2 Å². The number of hydrogen-bond donors (Lipinski definition) is 2. The summed E-state index contributed by atoms with van der Waals surface area (Å²) >= 11 is 11.9. The van der Waals surface area contributed by atoms with E-state index in [1.54, 1.807) is 16.9 Å². The van der Waals surface area contributed by atoms with E-state index in [1.165, 1.54) is 0 Å². The second-order valence-corrected chi connectivity index (χ2v) is 6.08. The number of alkyl halides is 1. The quantitative estimate of drug-likeness (QED) is 0.695. The minimum atomic E-state index is -0.278. The van der Waals surface area contributed by atoms with Crippen molar-refractivity contribution in [3.63, 3.8) is 0 Å². The molecule has 3 aromatic rings. The first-order valence-corrected chi connectivity index (χ1v) is 8.10. The van der Waals surface area contributed by atoms with Crippen LogP contribution in [0, 0.1) is 6.92 Å². The van der Waals surface area contributed by atoms with E-state index in [0.29, 0.717) is 10.7 Å². The molecule has 0 aliphatic heterocycles. The summed E-state index contributed by atoms with van der Waals surface area (Å²) in [6.07, 6.45) is 3.64. The molecule has 0 saturated heterocycles. The second-order valence-electron chi connectivity index (χ2n) is 5.40. The molecule has 124 valence electrons. The summed E-state index contributed by atoms with van der Waals surface area (Å²) in [5, 5.41) is 14.7. The van der Waals surface area contributed by atoms with Crippen LogP contribution in [0.25, 0.3) is 22.5 Å². The fourth-order valence-electron chi connectivity index (χ4n) is 2.50. The van der Waals surface area contributed by atoms with Crippen molar-refractivity contribution >= 4 is 34.8 Å². The van der Waals surface area contributed by atoms with Gasteiger partial charge in [-0.15, -0.1) is 11.6 Å². The molecule has 0 fully saturated rings. The number of rotatable bonds is 4. The van der Waals surface area contributed by atoms with Crippen molar-refractivity contribution < 1.29 is 4.79 Å². The Balaban J connectivity index is 1.95. The molecule has 1 amide bonds. The van der Waals surface area contributed by atoms with E-state index in [4.69, 9.17) is 23.2 Å². The number of halogens is 2. The zero-order valence-corrected chi connectivity index (χ0v) is 14.6. The molecule has 2 heterocycles. The Morgan fingerprint density at radius 3 is 2.79 bits per heavy atom. The summed E-state index contributed by atoms with van der Waals surface area (Å²) in [5.41, 5.74) is 4.86. The maximum atomic E-state index is 11.4. The molecule has 0 saturated carbocycles. The molecular weight excluding hydrogens is 349 g/mol. The summed E-state index contributed by atoms with van der Waals surface area (Å²) < 4.78 is 1.72. The van der Waals surface area contributed by atoms with Crippen LogP contribution in [0.3, 0.4) is 0 Å². The summed E-state index contributed by atoms with van der Waals surface area (Å²) in [7, 11) is 1.85. The average Bonchev–Trinajstić information content (AvgIpc) is 3.15. The van der Waals surface area contributed by atoms with Crippen LogP contribution in [-0.4, -0.2) is 31.8 Å². The fourth-order valence-corrected chi connectivity index (χ4v) is 2.94. The standard InChI is InChI=1S/C16H15Cl2N5O/c1-9-3-11(20-15(24)6-17)4-12(18)16(9)14-5-13(21-22-14)10-7-19-23(2)8-10/h3-5,7-8H,6H2,1-2H3,(H,20,24)(H,21,22). The monoisotopic (exact) mass is 363 g/mol. The third-order valence-electron chi connectivity index (χ3n) is 3.54. The molecule has 3 rings (SSSR count). The van der Waals surface area contributed by atoms with Gasteiger partial charge < -0.3 is 5.32 Å². The lowest BCUT2D eigenvalue weighted by molar-refractivity contribution is -0.113. The molecule has 0 radical (unpaired) electrons. The van der Waals surface area contributed by atoms with E-state index < -0.39 is 0 Å². The van der Waals surface area contributed by atoms with E-state index in [1.807, 2.05) is 32.3 Å². The van der Waals surface area contributed by atoms with Crippen LogP contribution in [0.15, 0.2) is 30.6 Å². The molecule has 2 aromatic heterocycles. The highest BCUT2D eigenvalue weighted by molar-refractivity contribution is 6.34. The summed E-state index contributed by atoms with van der Waals surface area (Å²) in [6, 6.07) is 5.46. The third-order valence-corrected chi connectivity index (χ3v) is 4.08. The Kier molecular flexibility index (Phi) is 4.59. The minimum absolute atomic E-state index is 0.104. The van der Waals surface area contributed by atoms with Gasteiger partial charge in [-0.25, -0.2) is 0 Å². The van der Waals surface area contributed by atoms with Crippen LogP contribution < -0.4 is 5.32 Å². The molecule has 1 aromatic carbocycles. The van der Waals surface area contributed by atoms with Gasteiger partial charge in [-0.1, -0.05) is 11.6 Å². The first-order chi connectivity index (χ1) is 11.5. The lowest BCUT2D eigenvalue weighted by atomic mass is 10.0. The van der Waals surface area contributed by atoms with Crippen molar-refractivity contribution in [3.05, 3.63) is 41.2 Å². The molecule has 0 aliphatic carbocycles. The molecule has 0 aliphatic rings. The van der Waals surface area contributed by atoms with Crippen LogP contribution >= 0.6 is 23.2 Å². The smallest absolute Gasteiger partial charge is 0.239 e. The lowest BCUT2D eigenvalue weighted by Gasteiger charge is -2.10. The minimum Gasteiger partial charge on any atom is -0.325 e. The largest absolute Gasteiger partial charge is 0.325 e. The van der Waals surface area contributed by atoms with Crippen molar-refractivity contribution in [1.29, 1.82) is 0 Å². The van der Waals surface area contributed by atoms with E-state index in [9.17, 15) is 4.79 Å². The van der Waals surface area contributed by atoms with Gasteiger partial charge in [-0.05, 0) is 30.7 Å². The number of carbonyl (C=O) groups is 1. The van der Waals surface area contributed by atoms with E-state index in [0.717, 1.165) is 28.1 Å². The average molecular weight is 364 g/mol. The number of benzene rings is 1. The van der Waals surface area contributed by atoms with E-state index in [-0.39, 0.29) is 11.8 Å². The highest BCUT2D eigenvalue weighted by Crippen LogP contribution is 2.34. The van der Waals surface area contributed by atoms with Gasteiger partial charge >= 0.3 is 0 Å². The van der Waals surface area contributed by atoms with Crippen LogP contribution in [0.2, 0.25) is 5.02 Å². The third kappa shape index (κ3) is 3.29. The van der Waals surface area contributed by atoms with Crippen molar-refractivity contribution in [1.82, 2.24) is 20.0 Å². The Hall–Kier alpha value is -2.31. The maximum absolute atomic E-state index is 11.4. The molecule has 0 bridgehead atoms. The highest BCUT2D eigenvalue weighted by atomic mass is 35.5. The second kappa shape index (κ2) is 6.67. The highest BCUT2D eigenvalue weighted by Gasteiger charge is 2.14. The van der Waals surface area contributed by atoms with Crippen molar-refractivity contribution in [3.8, 4) is 22.5 Å². The molecule has 8 heteroatoms. The molecule has 0 spiro atoms. The predicted octanol–water partition coefficient (Wildman–Crippen LogP) is 3.62. The summed E-state index contributed by atoms with van der Waals surface area (Å²) in [5.74, 6) is -0.381. The SMILES string of the molecule is Cc1cc(NC(=O)CCl)cc(Cl)c1-c1cc(-c2cnn(C)c2)n[nH]1. The molecule has 2 N–H and O–H groups in total. The number of aryl methyl sites for hydroxylation is 2. The number of nitrogens with one attached hydrogen (secondary N) is 2. The summed E-state index contributed by atoms with van der Waals surface area (Å²) in [4.78, 5) is 11.4. The number of aromatic nitrogens is 4. The Morgan fingerprint density at radius 2 is 2.17 bits per heavy atom. The van der Waals surface area contributed by atoms with Gasteiger partial charge in [0.25, 0.3) is 0 Å². The number of hydrogen-bond acceptors (Lipinski definition) is 3. The maximum Gasteiger partial charge on any atom is 0.239 e. The number of amides is 1. The summed E-state index contributed by atoms with van der Waals surface area (Å²) in [6.45, 7) is 1.92. The number of carbonyl (C=O) groups excluding carboxylic acids is 1. The molecule has 0 atom stereocenters. The Bertz CT molecular complexity index is 877. The molecule has 24 heavy (non-hydrogen) atoms. The first-order valence-electron chi connectivity index (χ1n) is 7.18. The normalized spacial score (nSPS) is 10.8. The van der Waals surface area contributed by atoms with Crippen molar-refractivity contribution in [2.45, 2.75) is 6.92 Å². The van der Waals surface area contributed by atoms with Gasteiger partial charge in [0.05, 0.1) is 22.6 Å². The predicted molar refractivity (Wildman–Crippen MR) is 95.3 cm³/mol. The Labute approximate surface area is 148 Å². The van der Waals surface area contributed by atoms with Gasteiger partial charge in [0, 0.05) is 30.1 Å². The molecule has 0 unspecified atom stereocenters. The number of anilines is 1. The zero-order chi connectivity index (χ0) is 17.3. The lowest BCUT2D eigenvalue weighted by Crippen LogP contribution is -2.12.